The topological polar surface area (TPSA) is 12.0 Å². The number of rotatable bonds is 9. The van der Waals surface area contributed by atoms with Gasteiger partial charge in [0.1, 0.15) is 0 Å². The first kappa shape index (κ1) is 18.3. The van der Waals surface area contributed by atoms with Gasteiger partial charge in [-0.05, 0) is 55.4 Å². The average molecular weight is 297 g/mol. The first-order valence-electron chi connectivity index (χ1n) is 8.24. The molecular formula is C21H31N. The molecule has 0 fully saturated rings. The molecule has 0 saturated heterocycles. The Morgan fingerprint density at radius 1 is 1.18 bits per heavy atom. The van der Waals surface area contributed by atoms with Gasteiger partial charge < -0.3 is 5.32 Å². The van der Waals surface area contributed by atoms with Crippen LogP contribution >= 0.6 is 0 Å². The highest BCUT2D eigenvalue weighted by molar-refractivity contribution is 5.65. The Morgan fingerprint density at radius 2 is 1.77 bits per heavy atom. The maximum Gasteiger partial charge on any atom is 0.0568 e. The number of hydrogen-bond donors (Lipinski definition) is 1. The molecule has 1 atom stereocenters. The Morgan fingerprint density at radius 3 is 2.23 bits per heavy atom. The van der Waals surface area contributed by atoms with Crippen molar-refractivity contribution in [3.05, 3.63) is 66.9 Å². The minimum atomic E-state index is -0.168. The Balaban J connectivity index is 2.92. The number of allylic oxidation sites excluding steroid dienone is 2. The normalized spacial score (nSPS) is 12.5. The molecule has 1 heteroatoms. The summed E-state index contributed by atoms with van der Waals surface area (Å²) < 4.78 is 0. The molecule has 1 N–H and O–H groups in total. The molecule has 0 radical (unpaired) electrons. The largest absolute Gasteiger partial charge is 0.377 e. The molecule has 1 rings (SSSR count). The minimum Gasteiger partial charge on any atom is -0.377 e. The van der Waals surface area contributed by atoms with Crippen molar-refractivity contribution in [3.63, 3.8) is 0 Å². The number of nitrogens with one attached hydrogen (secondary N) is 1. The van der Waals surface area contributed by atoms with Gasteiger partial charge in [0.05, 0.1) is 5.54 Å². The summed E-state index contributed by atoms with van der Waals surface area (Å²) in [6, 6.07) is 8.75. The molecule has 0 aliphatic rings. The monoisotopic (exact) mass is 297 g/mol. The molecule has 0 heterocycles. The Bertz CT molecular complexity index is 519. The fourth-order valence-electron chi connectivity index (χ4n) is 2.83. The maximum atomic E-state index is 4.33. The van der Waals surface area contributed by atoms with Crippen LogP contribution < -0.4 is 5.32 Å². The number of benzene rings is 1. The van der Waals surface area contributed by atoms with Crippen LogP contribution in [-0.2, 0) is 5.54 Å². The molecule has 0 aliphatic carbocycles. The van der Waals surface area contributed by atoms with Crippen LogP contribution in [0, 0.1) is 5.92 Å². The van der Waals surface area contributed by atoms with Crippen molar-refractivity contribution in [1.82, 2.24) is 5.32 Å². The van der Waals surface area contributed by atoms with E-state index in [0.717, 1.165) is 12.1 Å². The zero-order valence-electron chi connectivity index (χ0n) is 14.7. The second kappa shape index (κ2) is 8.03. The second-order valence-electron chi connectivity index (χ2n) is 6.48. The average Bonchev–Trinajstić information content (AvgIpc) is 2.51. The Labute approximate surface area is 136 Å². The van der Waals surface area contributed by atoms with Crippen molar-refractivity contribution in [1.29, 1.82) is 0 Å². The van der Waals surface area contributed by atoms with Crippen LogP contribution in [0.2, 0.25) is 0 Å². The maximum absolute atomic E-state index is 4.33. The fourth-order valence-corrected chi connectivity index (χ4v) is 2.83. The molecular weight excluding hydrogens is 266 g/mol. The van der Waals surface area contributed by atoms with Crippen molar-refractivity contribution in [3.8, 4) is 0 Å². The zero-order chi connectivity index (χ0) is 16.8. The van der Waals surface area contributed by atoms with Gasteiger partial charge in [0, 0.05) is 5.70 Å². The molecule has 22 heavy (non-hydrogen) atoms. The molecule has 0 saturated carbocycles. The summed E-state index contributed by atoms with van der Waals surface area (Å²) in [5.41, 5.74) is 4.42. The van der Waals surface area contributed by atoms with Crippen LogP contribution in [0.1, 0.15) is 58.1 Å². The highest BCUT2D eigenvalue weighted by atomic mass is 15.0. The van der Waals surface area contributed by atoms with E-state index in [9.17, 15) is 0 Å². The van der Waals surface area contributed by atoms with E-state index in [0.29, 0.717) is 5.92 Å². The van der Waals surface area contributed by atoms with Crippen LogP contribution in [0.4, 0.5) is 0 Å². The first-order chi connectivity index (χ1) is 10.4. The lowest BCUT2D eigenvalue weighted by atomic mass is 9.86. The third kappa shape index (κ3) is 4.62. The van der Waals surface area contributed by atoms with Crippen LogP contribution in [0.15, 0.2) is 55.8 Å². The van der Waals surface area contributed by atoms with Crippen LogP contribution in [0.3, 0.4) is 0 Å². The molecule has 0 bridgehead atoms. The minimum absolute atomic E-state index is 0.168. The van der Waals surface area contributed by atoms with Crippen molar-refractivity contribution in [2.75, 3.05) is 0 Å². The summed E-state index contributed by atoms with van der Waals surface area (Å²) >= 11 is 0. The van der Waals surface area contributed by atoms with E-state index >= 15 is 0 Å². The van der Waals surface area contributed by atoms with Crippen LogP contribution in [0.5, 0.6) is 0 Å². The SMILES string of the molecule is C=CC(=C)NC(C)(C)c1ccc(C(=C)C(CC)CCC)cc1. The zero-order valence-corrected chi connectivity index (χ0v) is 14.7. The van der Waals surface area contributed by atoms with Gasteiger partial charge in [-0.25, -0.2) is 0 Å². The molecule has 0 aliphatic heterocycles. The molecule has 1 unspecified atom stereocenters. The van der Waals surface area contributed by atoms with E-state index in [-0.39, 0.29) is 5.54 Å². The lowest BCUT2D eigenvalue weighted by molar-refractivity contribution is 0.455. The molecule has 1 aromatic carbocycles. The summed E-state index contributed by atoms with van der Waals surface area (Å²) in [5.74, 6) is 0.586. The lowest BCUT2D eigenvalue weighted by Crippen LogP contribution is -2.34. The summed E-state index contributed by atoms with van der Waals surface area (Å²) in [5, 5.41) is 3.39. The smallest absolute Gasteiger partial charge is 0.0568 e. The van der Waals surface area contributed by atoms with Crippen molar-refractivity contribution < 1.29 is 0 Å². The Kier molecular flexibility index (Phi) is 6.67. The van der Waals surface area contributed by atoms with Crippen molar-refractivity contribution in [2.24, 2.45) is 5.92 Å². The second-order valence-corrected chi connectivity index (χ2v) is 6.48. The van der Waals surface area contributed by atoms with E-state index in [1.807, 2.05) is 0 Å². The molecule has 0 spiro atoms. The van der Waals surface area contributed by atoms with E-state index in [4.69, 9.17) is 0 Å². The van der Waals surface area contributed by atoms with E-state index < -0.39 is 0 Å². The van der Waals surface area contributed by atoms with Gasteiger partial charge in [0.15, 0.2) is 0 Å². The van der Waals surface area contributed by atoms with Gasteiger partial charge in [-0.3, -0.25) is 0 Å². The van der Waals surface area contributed by atoms with Gasteiger partial charge in [-0.15, -0.1) is 0 Å². The van der Waals surface area contributed by atoms with Gasteiger partial charge in [0.2, 0.25) is 0 Å². The predicted octanol–water partition coefficient (Wildman–Crippen LogP) is 6.05. The summed E-state index contributed by atoms with van der Waals surface area (Å²) in [7, 11) is 0. The van der Waals surface area contributed by atoms with E-state index in [1.54, 1.807) is 6.08 Å². The number of hydrogen-bond acceptors (Lipinski definition) is 1. The summed E-state index contributed by atoms with van der Waals surface area (Å²) in [6.45, 7) is 20.8. The first-order valence-corrected chi connectivity index (χ1v) is 8.24. The molecule has 120 valence electrons. The summed E-state index contributed by atoms with van der Waals surface area (Å²) in [4.78, 5) is 0. The predicted molar refractivity (Wildman–Crippen MR) is 99.7 cm³/mol. The van der Waals surface area contributed by atoms with Gasteiger partial charge >= 0.3 is 0 Å². The Hall–Kier alpha value is -1.76. The van der Waals surface area contributed by atoms with Crippen LogP contribution in [-0.4, -0.2) is 0 Å². The van der Waals surface area contributed by atoms with Crippen molar-refractivity contribution >= 4 is 5.57 Å². The third-order valence-electron chi connectivity index (χ3n) is 4.32. The molecule has 0 aromatic heterocycles. The van der Waals surface area contributed by atoms with Crippen molar-refractivity contribution in [2.45, 2.75) is 52.5 Å². The van der Waals surface area contributed by atoms with Crippen LogP contribution in [0.25, 0.3) is 5.57 Å². The van der Waals surface area contributed by atoms with E-state index in [1.165, 1.54) is 29.5 Å². The van der Waals surface area contributed by atoms with Gasteiger partial charge in [-0.1, -0.05) is 64.3 Å². The summed E-state index contributed by atoms with van der Waals surface area (Å²) in [6.07, 6.45) is 5.31. The highest BCUT2D eigenvalue weighted by Gasteiger charge is 2.20. The fraction of sp³-hybridized carbons (Fsp3) is 0.429. The standard InChI is InChI=1S/C21H31N/c1-8-11-18(10-3)17(5)19-12-14-20(15-13-19)21(6,7)22-16(4)9-2/h9,12-15,18,22H,2,4-5,8,10-11H2,1,3,6-7H3. The third-order valence-corrected chi connectivity index (χ3v) is 4.32. The molecule has 1 aromatic rings. The van der Waals surface area contributed by atoms with Gasteiger partial charge in [0.25, 0.3) is 0 Å². The van der Waals surface area contributed by atoms with Gasteiger partial charge in [-0.2, -0.15) is 0 Å². The lowest BCUT2D eigenvalue weighted by Gasteiger charge is -2.29. The molecule has 1 nitrogen and oxygen atoms in total. The quantitative estimate of drug-likeness (QED) is 0.547. The van der Waals surface area contributed by atoms with E-state index in [2.05, 4.69) is 77.0 Å². The molecule has 0 amide bonds. The highest BCUT2D eigenvalue weighted by Crippen LogP contribution is 2.30.